The molecule has 1 aliphatic heterocycles. The van der Waals surface area contributed by atoms with Gasteiger partial charge in [-0.3, -0.25) is 19.2 Å². The lowest BCUT2D eigenvalue weighted by molar-refractivity contribution is -0.132. The molecular weight excluding hydrogens is 755 g/mol. The predicted molar refractivity (Wildman–Crippen MR) is 238 cm³/mol. The van der Waals surface area contributed by atoms with E-state index in [1.165, 1.54) is 20.0 Å². The Morgan fingerprint density at radius 1 is 0.831 bits per heavy atom. The van der Waals surface area contributed by atoms with Crippen molar-refractivity contribution >= 4 is 36.4 Å². The minimum absolute atomic E-state index is 0.0295. The van der Waals surface area contributed by atoms with Gasteiger partial charge in [0.25, 0.3) is 0 Å². The van der Waals surface area contributed by atoms with Crippen molar-refractivity contribution < 1.29 is 38.2 Å². The van der Waals surface area contributed by atoms with Gasteiger partial charge in [-0.1, -0.05) is 87.3 Å². The Kier molecular flexibility index (Phi) is 40.0. The first kappa shape index (κ1) is 57.9. The second kappa shape index (κ2) is 40.7. The lowest BCUT2D eigenvalue weighted by atomic mass is 10.1. The van der Waals surface area contributed by atoms with Crippen LogP contribution in [-0.4, -0.2) is 105 Å². The lowest BCUT2D eigenvalue weighted by Gasteiger charge is -2.20. The monoisotopic (exact) mass is 830 g/mol. The van der Waals surface area contributed by atoms with Gasteiger partial charge in [-0.15, -0.1) is 0 Å². The Hall–Kier alpha value is -5.44. The summed E-state index contributed by atoms with van der Waals surface area (Å²) in [5.41, 5.74) is 3.51. The predicted octanol–water partition coefficient (Wildman–Crippen LogP) is 7.82. The number of hydrogen-bond acceptors (Lipinski definition) is 9. The number of H-pyrrole nitrogens is 1. The molecule has 15 heteroatoms. The lowest BCUT2D eigenvalue weighted by Crippen LogP contribution is -2.38. The summed E-state index contributed by atoms with van der Waals surface area (Å²) in [6.45, 7) is 21.4. The van der Waals surface area contributed by atoms with Crippen LogP contribution >= 0.6 is 0 Å². The van der Waals surface area contributed by atoms with Gasteiger partial charge in [-0.2, -0.15) is 0 Å². The average Bonchev–Trinajstić information content (AvgIpc) is 3.98. The molecule has 59 heavy (non-hydrogen) atoms. The summed E-state index contributed by atoms with van der Waals surface area (Å²) in [7, 11) is 4.52. The molecule has 3 aromatic rings. The van der Waals surface area contributed by atoms with E-state index in [0.29, 0.717) is 38.3 Å². The van der Waals surface area contributed by atoms with Crippen molar-refractivity contribution in [3.63, 3.8) is 0 Å². The van der Waals surface area contributed by atoms with Crippen molar-refractivity contribution in [1.29, 1.82) is 0 Å². The molecule has 0 spiro atoms. The quantitative estimate of drug-likeness (QED) is 0.111. The Balaban J connectivity index is -0.000000992. The number of hydrogen-bond donors (Lipinski definition) is 4. The molecular formula is C44H75N7O8. The number of alkyl carbamates (subject to hydrolysis) is 1. The highest BCUT2D eigenvalue weighted by molar-refractivity contribution is 5.82. The van der Waals surface area contributed by atoms with Crippen molar-refractivity contribution in [2.45, 2.75) is 108 Å². The van der Waals surface area contributed by atoms with Crippen molar-refractivity contribution in [2.24, 2.45) is 0 Å². The van der Waals surface area contributed by atoms with Crippen molar-refractivity contribution in [3.8, 4) is 17.0 Å². The van der Waals surface area contributed by atoms with Crippen molar-refractivity contribution in [2.75, 3.05) is 59.4 Å². The van der Waals surface area contributed by atoms with E-state index in [2.05, 4.69) is 63.1 Å². The average molecular weight is 830 g/mol. The molecule has 334 valence electrons. The highest BCUT2D eigenvalue weighted by Gasteiger charge is 2.18. The molecule has 0 aliphatic carbocycles. The van der Waals surface area contributed by atoms with Crippen LogP contribution in [0.5, 0.6) is 5.75 Å². The third-order valence-corrected chi connectivity index (χ3v) is 6.93. The number of carbonyl (C=O) groups is 5. The summed E-state index contributed by atoms with van der Waals surface area (Å²) >= 11 is 0. The van der Waals surface area contributed by atoms with Gasteiger partial charge in [0, 0.05) is 39.5 Å². The number of nitrogens with one attached hydrogen (secondary N) is 4. The molecule has 2 heterocycles. The number of rotatable bonds is 15. The molecule has 4 rings (SSSR count). The first-order valence-corrected chi connectivity index (χ1v) is 20.6. The van der Waals surface area contributed by atoms with E-state index in [-0.39, 0.29) is 24.9 Å². The standard InChI is InChI=1S/C24H27N5O4.C8H14N2O3.2C3H8.C2H6O.2C2H6/c1-2-11-29(24(32)13-25-16-30)14-23-26-12-22(28-23)19-5-9-21(10-6-19)33-15-18-3-7-20(8-4-18)27-17-31;1-13-8(12)9-6-7(11)10-4-2-3-5-10;3*1-3-2;2*1-2/h3-10,12,16-17H,2,11,13-15H2,1H3,(H,25,30)(H,26,28)(H,27,31);2-6H2,1H3,(H,9,12);2*3H2,1-2H3;1-2H3;2*1-2H3. The molecule has 2 aromatic carbocycles. The number of likely N-dealkylation sites (tertiary alicyclic amines) is 1. The van der Waals surface area contributed by atoms with E-state index in [1.807, 2.05) is 83.1 Å². The molecule has 1 aliphatic rings. The zero-order chi connectivity index (χ0) is 45.3. The van der Waals surface area contributed by atoms with Crippen LogP contribution in [0, 0.1) is 0 Å². The maximum Gasteiger partial charge on any atom is 0.407 e. The van der Waals surface area contributed by atoms with E-state index in [9.17, 15) is 24.0 Å². The van der Waals surface area contributed by atoms with Gasteiger partial charge < -0.3 is 44.9 Å². The van der Waals surface area contributed by atoms with Crippen molar-refractivity contribution in [3.05, 3.63) is 66.1 Å². The smallest absolute Gasteiger partial charge is 0.407 e. The molecule has 1 aromatic heterocycles. The number of amides is 5. The number of carbonyl (C=O) groups excluding carboxylic acids is 5. The summed E-state index contributed by atoms with van der Waals surface area (Å²) in [6.07, 6.45) is 7.76. The summed E-state index contributed by atoms with van der Waals surface area (Å²) < 4.78 is 14.4. The Labute approximate surface area is 354 Å². The SMILES string of the molecule is CC.CC.CCC.CCC.CCCN(Cc1ncc(-c2ccc(OCc3ccc(NC=O)cc3)cc2)[nH]1)C(=O)CNC=O.COC.COC(=O)NCC(=O)N1CCCC1. The largest absolute Gasteiger partial charge is 0.489 e. The molecule has 0 unspecified atom stereocenters. The van der Waals surface area contributed by atoms with Crippen LogP contribution in [0.15, 0.2) is 54.7 Å². The molecule has 4 N–H and O–H groups in total. The molecule has 1 saturated heterocycles. The topological polar surface area (TPSA) is 184 Å². The fraction of sp³-hybridized carbons (Fsp3) is 0.545. The first-order chi connectivity index (χ1) is 28.6. The minimum Gasteiger partial charge on any atom is -0.489 e. The fourth-order valence-corrected chi connectivity index (χ4v) is 4.53. The third kappa shape index (κ3) is 28.6. The van der Waals surface area contributed by atoms with E-state index in [4.69, 9.17) is 4.74 Å². The summed E-state index contributed by atoms with van der Waals surface area (Å²) in [4.78, 5) is 66.2. The molecule has 15 nitrogen and oxygen atoms in total. The Morgan fingerprint density at radius 2 is 1.39 bits per heavy atom. The fourth-order valence-electron chi connectivity index (χ4n) is 4.53. The van der Waals surface area contributed by atoms with Crippen LogP contribution in [0.4, 0.5) is 10.5 Å². The van der Waals surface area contributed by atoms with Gasteiger partial charge in [0.1, 0.15) is 24.7 Å². The van der Waals surface area contributed by atoms with Crippen molar-refractivity contribution in [1.82, 2.24) is 30.4 Å². The van der Waals surface area contributed by atoms with E-state index < -0.39 is 6.09 Å². The molecule has 0 saturated carbocycles. The number of anilines is 1. The minimum atomic E-state index is -0.562. The number of ether oxygens (including phenoxy) is 3. The van der Waals surface area contributed by atoms with Gasteiger partial charge in [0.15, 0.2) is 0 Å². The number of aromatic amines is 1. The third-order valence-electron chi connectivity index (χ3n) is 6.93. The van der Waals surface area contributed by atoms with Crippen LogP contribution in [0.3, 0.4) is 0 Å². The molecule has 0 atom stereocenters. The number of methoxy groups -OCH3 is 2. The summed E-state index contributed by atoms with van der Waals surface area (Å²) in [6, 6.07) is 15.1. The number of benzene rings is 2. The molecule has 5 amide bonds. The van der Waals surface area contributed by atoms with Crippen LogP contribution in [0.2, 0.25) is 0 Å². The van der Waals surface area contributed by atoms with E-state index in [0.717, 1.165) is 60.6 Å². The summed E-state index contributed by atoms with van der Waals surface area (Å²) in [5.74, 6) is 1.21. The zero-order valence-electron chi connectivity index (χ0n) is 37.9. The van der Waals surface area contributed by atoms with Gasteiger partial charge in [-0.25, -0.2) is 9.78 Å². The van der Waals surface area contributed by atoms with E-state index in [1.54, 1.807) is 30.2 Å². The highest BCUT2D eigenvalue weighted by Crippen LogP contribution is 2.22. The van der Waals surface area contributed by atoms with Crippen LogP contribution < -0.4 is 20.7 Å². The molecule has 0 bridgehead atoms. The van der Waals surface area contributed by atoms with E-state index >= 15 is 0 Å². The highest BCUT2D eigenvalue weighted by atomic mass is 16.5. The van der Waals surface area contributed by atoms with Crippen LogP contribution in [-0.2, 0) is 41.8 Å². The Bertz CT molecular complexity index is 1460. The zero-order valence-corrected chi connectivity index (χ0v) is 37.9. The van der Waals surface area contributed by atoms with Crippen LogP contribution in [0.1, 0.15) is 106 Å². The first-order valence-electron chi connectivity index (χ1n) is 20.6. The van der Waals surface area contributed by atoms with Gasteiger partial charge in [0.05, 0.1) is 32.1 Å². The second-order valence-electron chi connectivity index (χ2n) is 12.1. The molecule has 0 radical (unpaired) electrons. The molecule has 1 fully saturated rings. The Morgan fingerprint density at radius 3 is 1.88 bits per heavy atom. The maximum atomic E-state index is 12.3. The van der Waals surface area contributed by atoms with Gasteiger partial charge in [-0.05, 0) is 66.8 Å². The second-order valence-corrected chi connectivity index (χ2v) is 12.1. The normalized spacial score (nSPS) is 10.3. The van der Waals surface area contributed by atoms with Gasteiger partial charge in [0.2, 0.25) is 24.6 Å². The maximum absolute atomic E-state index is 12.3. The summed E-state index contributed by atoms with van der Waals surface area (Å²) in [5, 5.41) is 7.36. The number of imidazole rings is 1. The number of aromatic nitrogens is 2. The van der Waals surface area contributed by atoms with Gasteiger partial charge >= 0.3 is 6.09 Å². The number of nitrogens with zero attached hydrogens (tertiary/aromatic N) is 3. The van der Waals surface area contributed by atoms with Crippen LogP contribution in [0.25, 0.3) is 11.3 Å².